The average molecular weight is 314 g/mol. The van der Waals surface area contributed by atoms with Crippen LogP contribution in [-0.4, -0.2) is 17.4 Å². The number of benzene rings is 2. The number of anilines is 1. The molecule has 23 heavy (non-hydrogen) atoms. The molecule has 0 aliphatic rings. The molecule has 2 aromatic carbocycles. The number of carbonyl (C=O) groups is 1. The van der Waals surface area contributed by atoms with Crippen LogP contribution in [0.4, 0.5) is 11.4 Å². The second kappa shape index (κ2) is 6.91. The monoisotopic (exact) mass is 314 g/mol. The van der Waals surface area contributed by atoms with Gasteiger partial charge in [-0.2, -0.15) is 0 Å². The summed E-state index contributed by atoms with van der Waals surface area (Å²) in [4.78, 5) is 22.1. The van der Waals surface area contributed by atoms with Gasteiger partial charge < -0.3 is 10.1 Å². The van der Waals surface area contributed by atoms with E-state index in [1.165, 1.54) is 18.2 Å². The van der Waals surface area contributed by atoms with Crippen molar-refractivity contribution >= 4 is 17.3 Å². The molecule has 0 fully saturated rings. The van der Waals surface area contributed by atoms with E-state index in [0.717, 1.165) is 11.1 Å². The van der Waals surface area contributed by atoms with E-state index in [0.29, 0.717) is 17.0 Å². The zero-order valence-corrected chi connectivity index (χ0v) is 13.3. The first-order valence-corrected chi connectivity index (χ1v) is 7.12. The lowest BCUT2D eigenvalue weighted by atomic mass is 10.1. The molecule has 0 aliphatic carbocycles. The van der Waals surface area contributed by atoms with Gasteiger partial charge in [-0.1, -0.05) is 6.07 Å². The lowest BCUT2D eigenvalue weighted by molar-refractivity contribution is -0.384. The Balaban J connectivity index is 1.96. The number of nitrogens with one attached hydrogen (secondary N) is 1. The van der Waals surface area contributed by atoms with Crippen LogP contribution in [0.1, 0.15) is 16.7 Å². The van der Waals surface area contributed by atoms with E-state index in [-0.39, 0.29) is 18.2 Å². The topological polar surface area (TPSA) is 81.5 Å². The minimum Gasteiger partial charge on any atom is -0.483 e. The van der Waals surface area contributed by atoms with Crippen LogP contribution >= 0.6 is 0 Å². The molecule has 2 aromatic rings. The Hall–Kier alpha value is -2.89. The van der Waals surface area contributed by atoms with E-state index in [2.05, 4.69) is 5.32 Å². The molecule has 0 saturated heterocycles. The third kappa shape index (κ3) is 4.29. The van der Waals surface area contributed by atoms with Crippen molar-refractivity contribution in [2.45, 2.75) is 20.8 Å². The number of aryl methyl sites for hydroxylation is 3. The number of carbonyl (C=O) groups excluding carboxylic acids is 1. The fraction of sp³-hybridized carbons (Fsp3) is 0.235. The van der Waals surface area contributed by atoms with Gasteiger partial charge in [0.05, 0.1) is 4.92 Å². The maximum absolute atomic E-state index is 11.9. The molecular weight excluding hydrogens is 296 g/mol. The largest absolute Gasteiger partial charge is 0.483 e. The van der Waals surface area contributed by atoms with Gasteiger partial charge >= 0.3 is 0 Å². The van der Waals surface area contributed by atoms with Gasteiger partial charge in [0, 0.05) is 17.8 Å². The molecule has 1 amide bonds. The van der Waals surface area contributed by atoms with Crippen molar-refractivity contribution in [2.75, 3.05) is 11.9 Å². The number of non-ortho nitro benzene ring substituents is 1. The van der Waals surface area contributed by atoms with Gasteiger partial charge in [0.2, 0.25) is 0 Å². The van der Waals surface area contributed by atoms with Crippen LogP contribution in [0, 0.1) is 30.9 Å². The Morgan fingerprint density at radius 2 is 1.83 bits per heavy atom. The number of nitro groups is 1. The highest BCUT2D eigenvalue weighted by atomic mass is 16.6. The Labute approximate surface area is 134 Å². The van der Waals surface area contributed by atoms with E-state index in [4.69, 9.17) is 4.74 Å². The standard InChI is InChI=1S/C17H18N2O4/c1-11-4-5-14(8-12(11)2)18-17(20)10-23-16-7-6-15(19(21)22)9-13(16)3/h4-9H,10H2,1-3H3,(H,18,20). The predicted molar refractivity (Wildman–Crippen MR) is 87.9 cm³/mol. The van der Waals surface area contributed by atoms with Crippen LogP contribution in [-0.2, 0) is 4.79 Å². The van der Waals surface area contributed by atoms with Crippen molar-refractivity contribution in [3.05, 3.63) is 63.2 Å². The zero-order chi connectivity index (χ0) is 17.0. The summed E-state index contributed by atoms with van der Waals surface area (Å²) in [5.74, 6) is 0.164. The normalized spacial score (nSPS) is 10.2. The van der Waals surface area contributed by atoms with Crippen molar-refractivity contribution in [3.63, 3.8) is 0 Å². The van der Waals surface area contributed by atoms with Crippen molar-refractivity contribution in [1.29, 1.82) is 0 Å². The molecule has 0 aromatic heterocycles. The summed E-state index contributed by atoms with van der Waals surface area (Å²) in [5.41, 5.74) is 3.56. The quantitative estimate of drug-likeness (QED) is 0.676. The highest BCUT2D eigenvalue weighted by Gasteiger charge is 2.10. The van der Waals surface area contributed by atoms with E-state index < -0.39 is 4.92 Å². The van der Waals surface area contributed by atoms with Gasteiger partial charge in [-0.15, -0.1) is 0 Å². The molecule has 2 rings (SSSR count). The number of hydrogen-bond donors (Lipinski definition) is 1. The van der Waals surface area contributed by atoms with Crippen molar-refractivity contribution in [1.82, 2.24) is 0 Å². The van der Waals surface area contributed by atoms with E-state index in [1.807, 2.05) is 32.0 Å². The second-order valence-electron chi connectivity index (χ2n) is 5.34. The molecule has 6 heteroatoms. The molecule has 0 radical (unpaired) electrons. The summed E-state index contributed by atoms with van der Waals surface area (Å²) in [6.45, 7) is 5.51. The predicted octanol–water partition coefficient (Wildman–Crippen LogP) is 3.54. The molecule has 0 heterocycles. The third-order valence-electron chi connectivity index (χ3n) is 3.52. The molecule has 0 bridgehead atoms. The first kappa shape index (κ1) is 16.5. The van der Waals surface area contributed by atoms with E-state index in [1.54, 1.807) is 6.92 Å². The van der Waals surface area contributed by atoms with Gasteiger partial charge in [-0.05, 0) is 55.7 Å². The fourth-order valence-corrected chi connectivity index (χ4v) is 2.07. The highest BCUT2D eigenvalue weighted by Crippen LogP contribution is 2.23. The summed E-state index contributed by atoms with van der Waals surface area (Å²) >= 11 is 0. The van der Waals surface area contributed by atoms with Crippen molar-refractivity contribution in [2.24, 2.45) is 0 Å². The first-order chi connectivity index (χ1) is 10.9. The Kier molecular flexibility index (Phi) is 4.95. The number of nitro benzene ring substituents is 1. The number of ether oxygens (including phenoxy) is 1. The Morgan fingerprint density at radius 3 is 2.43 bits per heavy atom. The van der Waals surface area contributed by atoms with Crippen LogP contribution in [0.15, 0.2) is 36.4 Å². The van der Waals surface area contributed by atoms with Crippen LogP contribution in [0.3, 0.4) is 0 Å². The summed E-state index contributed by atoms with van der Waals surface area (Å²) in [6.07, 6.45) is 0. The number of amides is 1. The Bertz CT molecular complexity index is 756. The van der Waals surface area contributed by atoms with Gasteiger partial charge in [-0.3, -0.25) is 14.9 Å². The molecular formula is C17H18N2O4. The summed E-state index contributed by atoms with van der Waals surface area (Å²) in [5, 5.41) is 13.4. The lowest BCUT2D eigenvalue weighted by Gasteiger charge is -2.10. The maximum atomic E-state index is 11.9. The molecule has 1 N–H and O–H groups in total. The van der Waals surface area contributed by atoms with Gasteiger partial charge in [0.15, 0.2) is 6.61 Å². The highest BCUT2D eigenvalue weighted by molar-refractivity contribution is 5.92. The smallest absolute Gasteiger partial charge is 0.269 e. The molecule has 6 nitrogen and oxygen atoms in total. The molecule has 0 aliphatic heterocycles. The van der Waals surface area contributed by atoms with Gasteiger partial charge in [0.1, 0.15) is 5.75 Å². The minimum absolute atomic E-state index is 0.00516. The Morgan fingerprint density at radius 1 is 1.09 bits per heavy atom. The van der Waals surface area contributed by atoms with E-state index >= 15 is 0 Å². The molecule has 0 spiro atoms. The van der Waals surface area contributed by atoms with Crippen LogP contribution < -0.4 is 10.1 Å². The molecule has 0 unspecified atom stereocenters. The van der Waals surface area contributed by atoms with Gasteiger partial charge in [0.25, 0.3) is 11.6 Å². The number of hydrogen-bond acceptors (Lipinski definition) is 4. The van der Waals surface area contributed by atoms with Gasteiger partial charge in [-0.25, -0.2) is 0 Å². The summed E-state index contributed by atoms with van der Waals surface area (Å²) < 4.78 is 5.42. The van der Waals surface area contributed by atoms with Crippen LogP contribution in [0.5, 0.6) is 5.75 Å². The van der Waals surface area contributed by atoms with Crippen LogP contribution in [0.2, 0.25) is 0 Å². The average Bonchev–Trinajstić information content (AvgIpc) is 2.49. The second-order valence-corrected chi connectivity index (χ2v) is 5.34. The molecule has 120 valence electrons. The zero-order valence-electron chi connectivity index (χ0n) is 13.3. The van der Waals surface area contributed by atoms with Crippen molar-refractivity contribution < 1.29 is 14.5 Å². The number of nitrogens with zero attached hydrogens (tertiary/aromatic N) is 1. The summed E-state index contributed by atoms with van der Waals surface area (Å²) in [7, 11) is 0. The fourth-order valence-electron chi connectivity index (χ4n) is 2.07. The minimum atomic E-state index is -0.469. The third-order valence-corrected chi connectivity index (χ3v) is 3.52. The molecule has 0 atom stereocenters. The number of rotatable bonds is 5. The molecule has 0 saturated carbocycles. The SMILES string of the molecule is Cc1ccc(NC(=O)COc2ccc([N+](=O)[O-])cc2C)cc1C. The maximum Gasteiger partial charge on any atom is 0.269 e. The van der Waals surface area contributed by atoms with E-state index in [9.17, 15) is 14.9 Å². The first-order valence-electron chi connectivity index (χ1n) is 7.12. The summed E-state index contributed by atoms with van der Waals surface area (Å²) in [6, 6.07) is 9.92. The van der Waals surface area contributed by atoms with Crippen LogP contribution in [0.25, 0.3) is 0 Å². The lowest BCUT2D eigenvalue weighted by Crippen LogP contribution is -2.20. The van der Waals surface area contributed by atoms with Crippen molar-refractivity contribution in [3.8, 4) is 5.75 Å².